The van der Waals surface area contributed by atoms with Crippen molar-refractivity contribution in [3.63, 3.8) is 0 Å². The van der Waals surface area contributed by atoms with E-state index in [1.807, 2.05) is 54.6 Å². The summed E-state index contributed by atoms with van der Waals surface area (Å²) in [5, 5.41) is 30.6. The Labute approximate surface area is 837 Å². The average Bonchev–Trinajstić information content (AvgIpc) is 0.737. The molecule has 28 aromatic rings. The van der Waals surface area contributed by atoms with Crippen LogP contribution in [0.5, 0.6) is 0 Å². The molecule has 0 amide bonds. The van der Waals surface area contributed by atoms with Crippen molar-refractivity contribution in [2.75, 3.05) is 0 Å². The highest BCUT2D eigenvalue weighted by atomic mass is 19.1. The van der Waals surface area contributed by atoms with Crippen LogP contribution in [0.1, 0.15) is 6.85 Å². The summed E-state index contributed by atoms with van der Waals surface area (Å²) in [5.74, 6) is -0.223. The minimum atomic E-state index is -0.391. The second-order valence-electron chi connectivity index (χ2n) is 36.7. The minimum absolute atomic E-state index is 0.201. The smallest absolute Gasteiger partial charge is 0.123 e. The fourth-order valence-electron chi connectivity index (χ4n) is 22.2. The van der Waals surface area contributed by atoms with E-state index in [-0.39, 0.29) is 35.6 Å². The predicted molar refractivity (Wildman–Crippen MR) is 613 cm³/mol. The summed E-state index contributed by atoms with van der Waals surface area (Å²) in [5.41, 5.74) is 24.8. The van der Waals surface area contributed by atoms with Gasteiger partial charge in [0.25, 0.3) is 0 Å². The van der Waals surface area contributed by atoms with Gasteiger partial charge >= 0.3 is 0 Å². The van der Waals surface area contributed by atoms with Crippen molar-refractivity contribution >= 4 is 140 Å². The van der Waals surface area contributed by atoms with Crippen molar-refractivity contribution in [3.05, 3.63) is 570 Å². The van der Waals surface area contributed by atoms with E-state index >= 15 is 0 Å². The van der Waals surface area contributed by atoms with Crippen LogP contribution in [0.25, 0.3) is 262 Å². The molecule has 668 valence electrons. The number of hydrogen-bond acceptors (Lipinski definition) is 0. The first-order chi connectivity index (χ1) is 73.0. The van der Waals surface area contributed by atoms with E-state index in [0.717, 1.165) is 87.4 Å². The van der Waals surface area contributed by atoms with Gasteiger partial charge in [0, 0.05) is 0 Å². The van der Waals surface area contributed by atoms with Crippen LogP contribution in [-0.2, 0) is 0 Å². The first-order valence-corrected chi connectivity index (χ1v) is 48.8. The first-order valence-electron chi connectivity index (χ1n) is 51.3. The Balaban J connectivity index is 0.000000103. The zero-order valence-electron chi connectivity index (χ0n) is 83.2. The van der Waals surface area contributed by atoms with Gasteiger partial charge in [-0.15, -0.1) is 0 Å². The number of halogens is 1. The summed E-state index contributed by atoms with van der Waals surface area (Å²) < 4.78 is 57.0. The third kappa shape index (κ3) is 16.1. The molecule has 0 aliphatic carbocycles. The van der Waals surface area contributed by atoms with Crippen molar-refractivity contribution in [2.24, 2.45) is 0 Å². The van der Waals surface area contributed by atoms with E-state index in [0.29, 0.717) is 5.56 Å². The Morgan fingerprint density at radius 2 is 0.385 bits per heavy atom. The summed E-state index contributed by atoms with van der Waals surface area (Å²) in [6.45, 7) is 0. The van der Waals surface area contributed by atoms with Gasteiger partial charge < -0.3 is 0 Å². The number of rotatable bonds is 11. The van der Waals surface area contributed by atoms with Crippen LogP contribution < -0.4 is 0 Å². The van der Waals surface area contributed by atoms with Gasteiger partial charge in [-0.1, -0.05) is 516 Å². The molecular weight excluding hydrogens is 1720 g/mol. The van der Waals surface area contributed by atoms with Gasteiger partial charge in [-0.25, -0.2) is 4.39 Å². The maximum Gasteiger partial charge on any atom is 0.123 e. The molecule has 0 N–H and O–H groups in total. The standard InChI is InChI=1S/3C36H24.C34H21F/c1-3-11-25(12-4-1)27-19-20-29-24-30(22-21-28(29)23-27)36-33-17-9-7-15-31(33)35(26-13-5-2-6-14-26)32-16-8-10-18-34(32)36;1-3-13-25(14-4-1)34-24-28(23-27-17-7-8-18-29(27)34)36-32-21-11-9-19-30(32)35(26-15-5-2-6-16-26)31-20-10-12-22-33(31)36;1-2-13-26(14-3-1)29-16-6-7-17-30(29)36-33-20-10-8-18-31(33)35(32-19-9-11-21-34(32)36)28-23-22-25-12-4-5-15-27(25)24-28;35-26-18-19-31-32(21-26)34(28-15-7-11-23-9-3-4-12-27(23)28)30-14-6-5-13-29(30)33(31)25-17-16-22-8-1-2-10-24(22)20-25/h3*1-24H;1-21H/i;1D,3D,4D,13D,14D;;. The van der Waals surface area contributed by atoms with Gasteiger partial charge in [0.05, 0.1) is 6.85 Å². The van der Waals surface area contributed by atoms with Crippen LogP contribution in [0.4, 0.5) is 4.39 Å². The molecule has 0 radical (unpaired) electrons. The Kier molecular flexibility index (Phi) is 21.3. The quantitative estimate of drug-likeness (QED) is 0.113. The third-order valence-corrected chi connectivity index (χ3v) is 28.5. The van der Waals surface area contributed by atoms with Crippen LogP contribution in [0.15, 0.2) is 564 Å². The van der Waals surface area contributed by atoms with Crippen molar-refractivity contribution in [2.45, 2.75) is 0 Å². The van der Waals surface area contributed by atoms with E-state index in [1.54, 1.807) is 12.1 Å². The maximum absolute atomic E-state index is 14.8. The number of benzene rings is 28. The summed E-state index contributed by atoms with van der Waals surface area (Å²) in [6.07, 6.45) is 0. The Morgan fingerprint density at radius 1 is 0.119 bits per heavy atom. The van der Waals surface area contributed by atoms with Crippen LogP contribution in [0.2, 0.25) is 0 Å². The topological polar surface area (TPSA) is 0 Å². The summed E-state index contributed by atoms with van der Waals surface area (Å²) in [4.78, 5) is 0. The van der Waals surface area contributed by atoms with Crippen molar-refractivity contribution in [1.82, 2.24) is 0 Å². The van der Waals surface area contributed by atoms with Crippen LogP contribution in [0.3, 0.4) is 0 Å². The molecule has 0 heterocycles. The Morgan fingerprint density at radius 3 is 0.811 bits per heavy atom. The number of hydrogen-bond donors (Lipinski definition) is 0. The molecule has 0 aromatic heterocycles. The van der Waals surface area contributed by atoms with Crippen molar-refractivity contribution < 1.29 is 11.2 Å². The van der Waals surface area contributed by atoms with Gasteiger partial charge in [-0.05, 0) is 311 Å². The fraction of sp³-hybridized carbons (Fsp3) is 0. The van der Waals surface area contributed by atoms with Crippen molar-refractivity contribution in [3.8, 4) is 122 Å². The third-order valence-electron chi connectivity index (χ3n) is 28.5. The average molecular weight is 1820 g/mol. The predicted octanol–water partition coefficient (Wildman–Crippen LogP) is 40.2. The van der Waals surface area contributed by atoms with E-state index in [2.05, 4.69) is 467 Å². The van der Waals surface area contributed by atoms with E-state index < -0.39 is 6.04 Å². The Hall–Kier alpha value is -18.5. The van der Waals surface area contributed by atoms with Gasteiger partial charge in [-0.3, -0.25) is 0 Å². The van der Waals surface area contributed by atoms with E-state index in [1.165, 1.54) is 164 Å². The van der Waals surface area contributed by atoms with Crippen LogP contribution >= 0.6 is 0 Å². The van der Waals surface area contributed by atoms with E-state index in [9.17, 15) is 4.39 Å². The molecule has 0 nitrogen and oxygen atoms in total. The lowest BCUT2D eigenvalue weighted by Crippen LogP contribution is -1.92. The van der Waals surface area contributed by atoms with Crippen LogP contribution in [0, 0.1) is 5.82 Å². The summed E-state index contributed by atoms with van der Waals surface area (Å²) in [6, 6.07) is 187. The first kappa shape index (κ1) is 80.6. The lowest BCUT2D eigenvalue weighted by atomic mass is 9.83. The second kappa shape index (κ2) is 37.8. The highest BCUT2D eigenvalue weighted by Gasteiger charge is 2.25. The zero-order valence-corrected chi connectivity index (χ0v) is 78.2. The highest BCUT2D eigenvalue weighted by molar-refractivity contribution is 6.28. The molecule has 0 aliphatic rings. The molecule has 0 saturated carbocycles. The monoisotopic (exact) mass is 1820 g/mol. The molecule has 143 heavy (non-hydrogen) atoms. The van der Waals surface area contributed by atoms with Gasteiger partial charge in [0.15, 0.2) is 0 Å². The van der Waals surface area contributed by atoms with Gasteiger partial charge in [0.1, 0.15) is 5.82 Å². The molecule has 0 unspecified atom stereocenters. The van der Waals surface area contributed by atoms with Gasteiger partial charge in [-0.2, -0.15) is 0 Å². The minimum Gasteiger partial charge on any atom is -0.207 e. The lowest BCUT2D eigenvalue weighted by Gasteiger charge is -2.20. The normalized spacial score (nSPS) is 11.9. The number of fused-ring (bicyclic) bond motifs is 13. The molecule has 0 fully saturated rings. The molecular formula is C142H93F. The summed E-state index contributed by atoms with van der Waals surface area (Å²) in [7, 11) is 0. The van der Waals surface area contributed by atoms with Crippen molar-refractivity contribution in [1.29, 1.82) is 0 Å². The lowest BCUT2D eigenvalue weighted by molar-refractivity contribution is 0.630. The maximum atomic E-state index is 14.8. The largest absolute Gasteiger partial charge is 0.207 e. The highest BCUT2D eigenvalue weighted by Crippen LogP contribution is 2.52. The molecule has 0 atom stereocenters. The van der Waals surface area contributed by atoms with E-state index in [4.69, 9.17) is 6.85 Å². The molecule has 1 heteroatoms. The Bertz CT molecular complexity index is 9920. The molecule has 0 bridgehead atoms. The fourth-order valence-corrected chi connectivity index (χ4v) is 22.2. The summed E-state index contributed by atoms with van der Waals surface area (Å²) >= 11 is 0. The van der Waals surface area contributed by atoms with Gasteiger partial charge in [0.2, 0.25) is 0 Å². The molecule has 0 spiro atoms. The molecule has 28 rings (SSSR count). The zero-order chi connectivity index (χ0) is 99.4. The molecule has 0 saturated heterocycles. The van der Waals surface area contributed by atoms with Crippen LogP contribution in [-0.4, -0.2) is 0 Å². The second-order valence-corrected chi connectivity index (χ2v) is 36.7. The molecule has 28 aromatic carbocycles. The SMILES string of the molecule is Fc1ccc2c(-c3ccc4ccccc4c3)c3ccccc3c(-c3cccc4ccccc34)c2c1.[2H]c1c([2H])c([2H])c(-c2cc(-c3c4ccccc4c(-c4ccccc4)c4ccccc34)cc3ccccc23)c([2H])c1[2H].c1ccc(-c2ccc3cc(-c4c5ccccc5c(-c5ccccc5)c5ccccc45)ccc3c2)cc1.c1ccc(-c2ccccc2-c2c3ccccc3c(-c3ccc4ccccc4c3)c3ccccc23)cc1. The molecule has 0 aliphatic heterocycles.